The van der Waals surface area contributed by atoms with Crippen molar-refractivity contribution in [2.24, 2.45) is 17.6 Å². The summed E-state index contributed by atoms with van der Waals surface area (Å²) < 4.78 is 0. The van der Waals surface area contributed by atoms with E-state index in [9.17, 15) is 0 Å². The van der Waals surface area contributed by atoms with Gasteiger partial charge in [0.1, 0.15) is 6.04 Å². The van der Waals surface area contributed by atoms with E-state index in [1.165, 1.54) is 0 Å². The minimum Gasteiger partial charge on any atom is -0.315 e. The second kappa shape index (κ2) is 6.80. The highest BCUT2D eigenvalue weighted by molar-refractivity contribution is 4.89. The molecule has 0 bridgehead atoms. The molecule has 82 valence electrons. The third kappa shape index (κ3) is 6.88. The molecule has 0 aromatic carbocycles. The van der Waals surface area contributed by atoms with Crippen LogP contribution in [0, 0.1) is 23.2 Å². The number of rotatable bonds is 6. The van der Waals surface area contributed by atoms with Gasteiger partial charge in [-0.3, -0.25) is 0 Å². The fourth-order valence-corrected chi connectivity index (χ4v) is 1.58. The lowest BCUT2D eigenvalue weighted by molar-refractivity contribution is 0.216. The third-order valence-corrected chi connectivity index (χ3v) is 1.87. The molecule has 2 N–H and O–H groups in total. The predicted molar refractivity (Wildman–Crippen MR) is 59.7 cm³/mol. The molecule has 0 aromatic heterocycles. The van der Waals surface area contributed by atoms with E-state index in [0.717, 1.165) is 13.1 Å². The number of hydrogen-bond acceptors (Lipinski definition) is 3. The molecule has 0 spiro atoms. The van der Waals surface area contributed by atoms with Crippen LogP contribution in [0.2, 0.25) is 0 Å². The van der Waals surface area contributed by atoms with Gasteiger partial charge in [0, 0.05) is 19.6 Å². The van der Waals surface area contributed by atoms with Crippen molar-refractivity contribution in [1.29, 1.82) is 5.26 Å². The summed E-state index contributed by atoms with van der Waals surface area (Å²) in [5.41, 5.74) is 5.62. The quantitative estimate of drug-likeness (QED) is 0.701. The molecule has 1 unspecified atom stereocenters. The van der Waals surface area contributed by atoms with Crippen molar-refractivity contribution in [3.8, 4) is 6.07 Å². The molecule has 3 heteroatoms. The second-order valence-corrected chi connectivity index (χ2v) is 4.74. The zero-order valence-corrected chi connectivity index (χ0v) is 9.83. The third-order valence-electron chi connectivity index (χ3n) is 1.87. The van der Waals surface area contributed by atoms with Crippen LogP contribution in [0.1, 0.15) is 27.7 Å². The topological polar surface area (TPSA) is 53.0 Å². The zero-order valence-electron chi connectivity index (χ0n) is 9.83. The molecule has 0 radical (unpaired) electrons. The standard InChI is InChI=1S/C11H23N3/c1-9(2)6-14(7-10(3)4)8-11(13)5-12/h9-11H,6-8,13H2,1-4H3. The molecule has 14 heavy (non-hydrogen) atoms. The van der Waals surface area contributed by atoms with Gasteiger partial charge in [-0.05, 0) is 11.8 Å². The van der Waals surface area contributed by atoms with Gasteiger partial charge in [-0.1, -0.05) is 27.7 Å². The largest absolute Gasteiger partial charge is 0.315 e. The van der Waals surface area contributed by atoms with Crippen molar-refractivity contribution in [2.45, 2.75) is 33.7 Å². The summed E-state index contributed by atoms with van der Waals surface area (Å²) in [5.74, 6) is 1.25. The van der Waals surface area contributed by atoms with Gasteiger partial charge < -0.3 is 10.6 Å². The molecule has 0 aliphatic rings. The van der Waals surface area contributed by atoms with E-state index in [1.807, 2.05) is 0 Å². The summed E-state index contributed by atoms with van der Waals surface area (Å²) in [7, 11) is 0. The summed E-state index contributed by atoms with van der Waals surface area (Å²) in [5, 5.41) is 8.65. The summed E-state index contributed by atoms with van der Waals surface area (Å²) in [6, 6.07) is 1.72. The van der Waals surface area contributed by atoms with Crippen LogP contribution in [0.5, 0.6) is 0 Å². The second-order valence-electron chi connectivity index (χ2n) is 4.74. The average molecular weight is 197 g/mol. The Kier molecular flexibility index (Phi) is 6.52. The van der Waals surface area contributed by atoms with Crippen LogP contribution in [0.25, 0.3) is 0 Å². The maximum absolute atomic E-state index is 8.65. The highest BCUT2D eigenvalue weighted by Crippen LogP contribution is 2.03. The van der Waals surface area contributed by atoms with Gasteiger partial charge in [-0.2, -0.15) is 5.26 Å². The lowest BCUT2D eigenvalue weighted by atomic mass is 10.1. The first kappa shape index (κ1) is 13.4. The molecule has 0 aromatic rings. The Morgan fingerprint density at radius 2 is 1.50 bits per heavy atom. The minimum absolute atomic E-state index is 0.354. The van der Waals surface area contributed by atoms with Crippen molar-refractivity contribution < 1.29 is 0 Å². The molecule has 0 fully saturated rings. The Labute approximate surface area is 87.9 Å². The van der Waals surface area contributed by atoms with Gasteiger partial charge in [-0.15, -0.1) is 0 Å². The van der Waals surface area contributed by atoms with Crippen molar-refractivity contribution in [2.75, 3.05) is 19.6 Å². The molecular weight excluding hydrogens is 174 g/mol. The van der Waals surface area contributed by atoms with E-state index in [4.69, 9.17) is 11.0 Å². The number of nitrogens with zero attached hydrogens (tertiary/aromatic N) is 2. The fourth-order valence-electron chi connectivity index (χ4n) is 1.58. The van der Waals surface area contributed by atoms with Gasteiger partial charge in [0.05, 0.1) is 6.07 Å². The smallest absolute Gasteiger partial charge is 0.106 e. The van der Waals surface area contributed by atoms with E-state index in [0.29, 0.717) is 18.4 Å². The van der Waals surface area contributed by atoms with Crippen LogP contribution in [0.3, 0.4) is 0 Å². The Hall–Kier alpha value is -0.590. The lowest BCUT2D eigenvalue weighted by Crippen LogP contribution is -2.40. The van der Waals surface area contributed by atoms with E-state index >= 15 is 0 Å². The molecule has 3 nitrogen and oxygen atoms in total. The highest BCUT2D eigenvalue weighted by atomic mass is 15.1. The number of nitrogens with two attached hydrogens (primary N) is 1. The zero-order chi connectivity index (χ0) is 11.1. The molecule has 0 aliphatic heterocycles. The van der Waals surface area contributed by atoms with Gasteiger partial charge in [0.25, 0.3) is 0 Å². The Morgan fingerprint density at radius 3 is 1.79 bits per heavy atom. The molecule has 0 heterocycles. The van der Waals surface area contributed by atoms with Crippen LogP contribution in [0.15, 0.2) is 0 Å². The first-order valence-electron chi connectivity index (χ1n) is 5.33. The van der Waals surface area contributed by atoms with Crippen LogP contribution in [-0.4, -0.2) is 30.6 Å². The Morgan fingerprint density at radius 1 is 1.07 bits per heavy atom. The van der Waals surface area contributed by atoms with Gasteiger partial charge in [0.2, 0.25) is 0 Å². The maximum Gasteiger partial charge on any atom is 0.106 e. The van der Waals surface area contributed by atoms with Crippen LogP contribution in [-0.2, 0) is 0 Å². The van der Waals surface area contributed by atoms with Crippen molar-refractivity contribution >= 4 is 0 Å². The first-order chi connectivity index (χ1) is 6.45. The van der Waals surface area contributed by atoms with Crippen molar-refractivity contribution in [1.82, 2.24) is 4.90 Å². The molecule has 0 rings (SSSR count). The monoisotopic (exact) mass is 197 g/mol. The molecule has 1 atom stereocenters. The summed E-state index contributed by atoms with van der Waals surface area (Å²) in [6.45, 7) is 11.5. The normalized spacial score (nSPS) is 13.6. The SMILES string of the molecule is CC(C)CN(CC(C)C)CC(N)C#N. The summed E-state index contributed by atoms with van der Waals surface area (Å²) >= 11 is 0. The first-order valence-corrected chi connectivity index (χ1v) is 5.33. The van der Waals surface area contributed by atoms with E-state index in [-0.39, 0.29) is 6.04 Å². The molecule has 0 saturated carbocycles. The van der Waals surface area contributed by atoms with Gasteiger partial charge in [-0.25, -0.2) is 0 Å². The van der Waals surface area contributed by atoms with E-state index in [1.54, 1.807) is 0 Å². The van der Waals surface area contributed by atoms with Crippen LogP contribution < -0.4 is 5.73 Å². The van der Waals surface area contributed by atoms with Crippen molar-refractivity contribution in [3.05, 3.63) is 0 Å². The van der Waals surface area contributed by atoms with Crippen LogP contribution in [0.4, 0.5) is 0 Å². The predicted octanol–water partition coefficient (Wildman–Crippen LogP) is 1.45. The van der Waals surface area contributed by atoms with Gasteiger partial charge >= 0.3 is 0 Å². The Balaban J connectivity index is 4.04. The summed E-state index contributed by atoms with van der Waals surface area (Å²) in [6.07, 6.45) is 0. The number of hydrogen-bond donors (Lipinski definition) is 1. The number of nitriles is 1. The van der Waals surface area contributed by atoms with Gasteiger partial charge in [0.15, 0.2) is 0 Å². The average Bonchev–Trinajstić information content (AvgIpc) is 2.01. The fraction of sp³-hybridized carbons (Fsp3) is 0.909. The van der Waals surface area contributed by atoms with Crippen molar-refractivity contribution in [3.63, 3.8) is 0 Å². The molecular formula is C11H23N3. The van der Waals surface area contributed by atoms with E-state index in [2.05, 4.69) is 38.7 Å². The van der Waals surface area contributed by atoms with E-state index < -0.39 is 0 Å². The Bertz CT molecular complexity index is 171. The molecule has 0 amide bonds. The molecule has 0 saturated heterocycles. The molecule has 0 aliphatic carbocycles. The highest BCUT2D eigenvalue weighted by Gasteiger charge is 2.12. The maximum atomic E-state index is 8.65. The lowest BCUT2D eigenvalue weighted by Gasteiger charge is -2.26. The minimum atomic E-state index is -0.354. The van der Waals surface area contributed by atoms with Crippen LogP contribution >= 0.6 is 0 Å². The summed E-state index contributed by atoms with van der Waals surface area (Å²) in [4.78, 5) is 2.28.